The molecule has 6 heteroatoms. The lowest BCUT2D eigenvalue weighted by molar-refractivity contribution is 0.424. The Morgan fingerprint density at radius 2 is 2.00 bits per heavy atom. The first-order valence-corrected chi connectivity index (χ1v) is 8.81. The fourth-order valence-electron chi connectivity index (χ4n) is 1.91. The first kappa shape index (κ1) is 14.0. The number of hydrogen-bond acceptors (Lipinski definition) is 3. The van der Waals surface area contributed by atoms with Crippen LogP contribution >= 0.6 is 15.9 Å². The number of rotatable bonds is 7. The minimum atomic E-state index is -3.14. The third-order valence-electron chi connectivity index (χ3n) is 3.01. The largest absolute Gasteiger partial charge is 0.265 e. The summed E-state index contributed by atoms with van der Waals surface area (Å²) in [6.45, 7) is 0.573. The fourth-order valence-corrected chi connectivity index (χ4v) is 4.29. The summed E-state index contributed by atoms with van der Waals surface area (Å²) in [7, 11) is -3.14. The van der Waals surface area contributed by atoms with Crippen LogP contribution in [0.25, 0.3) is 0 Å². The number of hydrogen-bond donors (Lipinski definition) is 0. The highest BCUT2D eigenvalue weighted by Gasteiger charge is 2.36. The van der Waals surface area contributed by atoms with Gasteiger partial charge in [-0.2, -0.15) is 4.31 Å². The minimum absolute atomic E-state index is 0.181. The van der Waals surface area contributed by atoms with Gasteiger partial charge in [-0.1, -0.05) is 15.9 Å². The molecule has 0 N–H and O–H groups in total. The van der Waals surface area contributed by atoms with Crippen LogP contribution in [0.15, 0.2) is 24.5 Å². The van der Waals surface area contributed by atoms with Crippen LogP contribution in [0, 0.1) is 0 Å². The highest BCUT2D eigenvalue weighted by atomic mass is 79.9. The Morgan fingerprint density at radius 3 is 2.56 bits per heavy atom. The average molecular weight is 333 g/mol. The van der Waals surface area contributed by atoms with Crippen LogP contribution in [0.2, 0.25) is 0 Å². The van der Waals surface area contributed by atoms with Crippen LogP contribution in [0.1, 0.15) is 18.4 Å². The van der Waals surface area contributed by atoms with E-state index in [1.54, 1.807) is 16.7 Å². The van der Waals surface area contributed by atoms with Crippen molar-refractivity contribution in [2.24, 2.45) is 0 Å². The highest BCUT2D eigenvalue weighted by molar-refractivity contribution is 9.09. The molecule has 0 unspecified atom stereocenters. The third-order valence-corrected chi connectivity index (χ3v) is 5.28. The van der Waals surface area contributed by atoms with Gasteiger partial charge in [0, 0.05) is 30.3 Å². The fraction of sp³-hybridized carbons (Fsp3) is 0.583. The Bertz CT molecular complexity index is 474. The summed E-state index contributed by atoms with van der Waals surface area (Å²) in [5, 5.41) is 0.692. The second kappa shape index (κ2) is 6.12. The van der Waals surface area contributed by atoms with E-state index in [2.05, 4.69) is 20.9 Å². The van der Waals surface area contributed by atoms with Crippen LogP contribution in [-0.4, -0.2) is 41.4 Å². The van der Waals surface area contributed by atoms with Crippen LogP contribution in [0.4, 0.5) is 0 Å². The maximum absolute atomic E-state index is 12.3. The molecule has 18 heavy (non-hydrogen) atoms. The summed E-state index contributed by atoms with van der Waals surface area (Å²) in [6, 6.07) is 3.97. The van der Waals surface area contributed by atoms with Crippen LogP contribution in [0.5, 0.6) is 0 Å². The minimum Gasteiger partial charge on any atom is -0.265 e. The van der Waals surface area contributed by atoms with Crippen molar-refractivity contribution < 1.29 is 8.42 Å². The first-order valence-electron chi connectivity index (χ1n) is 6.08. The van der Waals surface area contributed by atoms with Gasteiger partial charge in [0.2, 0.25) is 10.0 Å². The lowest BCUT2D eigenvalue weighted by atomic mass is 10.2. The zero-order valence-corrected chi connectivity index (χ0v) is 12.5. The molecule has 1 aliphatic carbocycles. The summed E-state index contributed by atoms with van der Waals surface area (Å²) in [4.78, 5) is 3.93. The molecule has 1 aromatic rings. The van der Waals surface area contributed by atoms with Crippen molar-refractivity contribution in [3.63, 3.8) is 0 Å². The van der Waals surface area contributed by atoms with Crippen molar-refractivity contribution in [3.05, 3.63) is 30.1 Å². The van der Waals surface area contributed by atoms with Gasteiger partial charge in [-0.15, -0.1) is 0 Å². The molecule has 2 rings (SSSR count). The second-order valence-electron chi connectivity index (χ2n) is 4.45. The van der Waals surface area contributed by atoms with Crippen molar-refractivity contribution in [1.29, 1.82) is 0 Å². The van der Waals surface area contributed by atoms with Gasteiger partial charge in [0.1, 0.15) is 0 Å². The molecule has 0 spiro atoms. The summed E-state index contributed by atoms with van der Waals surface area (Å²) in [5.41, 5.74) is 1.02. The molecule has 1 heterocycles. The molecule has 0 bridgehead atoms. The van der Waals surface area contributed by atoms with Gasteiger partial charge in [-0.05, 0) is 37.0 Å². The van der Waals surface area contributed by atoms with E-state index in [0.29, 0.717) is 18.3 Å². The predicted molar refractivity (Wildman–Crippen MR) is 75.2 cm³/mol. The van der Waals surface area contributed by atoms with Gasteiger partial charge in [-0.3, -0.25) is 4.98 Å². The molecule has 0 aromatic carbocycles. The Balaban J connectivity index is 1.97. The maximum Gasteiger partial charge on any atom is 0.214 e. The molecular weight excluding hydrogens is 316 g/mol. The van der Waals surface area contributed by atoms with Gasteiger partial charge in [0.05, 0.1) is 5.75 Å². The van der Waals surface area contributed by atoms with E-state index in [0.717, 1.165) is 18.4 Å². The SMILES string of the molecule is O=S(=O)(CCc1ccncc1)N(CCBr)C1CC1. The van der Waals surface area contributed by atoms with Crippen molar-refractivity contribution in [1.82, 2.24) is 9.29 Å². The molecule has 1 aliphatic rings. The number of pyridine rings is 1. The Kier molecular flexibility index (Phi) is 4.75. The Hall–Kier alpha value is -0.460. The highest BCUT2D eigenvalue weighted by Crippen LogP contribution is 2.29. The topological polar surface area (TPSA) is 50.3 Å². The average Bonchev–Trinajstić information content (AvgIpc) is 3.19. The Morgan fingerprint density at radius 1 is 1.33 bits per heavy atom. The Labute approximate surface area is 117 Å². The zero-order chi connectivity index (χ0) is 13.0. The lowest BCUT2D eigenvalue weighted by Gasteiger charge is -2.20. The summed E-state index contributed by atoms with van der Waals surface area (Å²) < 4.78 is 26.2. The van der Waals surface area contributed by atoms with E-state index >= 15 is 0 Å². The summed E-state index contributed by atoms with van der Waals surface area (Å²) in [5.74, 6) is 0.181. The maximum atomic E-state index is 12.3. The van der Waals surface area contributed by atoms with Crippen LogP contribution < -0.4 is 0 Å². The quantitative estimate of drug-likeness (QED) is 0.715. The van der Waals surface area contributed by atoms with Gasteiger partial charge in [0.15, 0.2) is 0 Å². The van der Waals surface area contributed by atoms with Crippen molar-refractivity contribution >= 4 is 26.0 Å². The number of aromatic nitrogens is 1. The van der Waals surface area contributed by atoms with E-state index in [1.165, 1.54) is 0 Å². The predicted octanol–water partition coefficient (Wildman–Crippen LogP) is 1.81. The lowest BCUT2D eigenvalue weighted by Crippen LogP contribution is -2.36. The second-order valence-corrected chi connectivity index (χ2v) is 7.29. The molecule has 1 aromatic heterocycles. The first-order chi connectivity index (χ1) is 8.63. The van der Waals surface area contributed by atoms with Gasteiger partial charge in [-0.25, -0.2) is 8.42 Å². The number of sulfonamides is 1. The van der Waals surface area contributed by atoms with Crippen molar-refractivity contribution in [2.75, 3.05) is 17.6 Å². The van der Waals surface area contributed by atoms with Gasteiger partial charge < -0.3 is 0 Å². The monoisotopic (exact) mass is 332 g/mol. The molecular formula is C12H17BrN2O2S. The standard InChI is InChI=1S/C12H17BrN2O2S/c13-6-9-15(12-1-2-12)18(16,17)10-5-11-3-7-14-8-4-11/h3-4,7-8,12H,1-2,5-6,9-10H2. The van der Waals surface area contributed by atoms with Crippen molar-refractivity contribution in [3.8, 4) is 0 Å². The van der Waals surface area contributed by atoms with E-state index in [4.69, 9.17) is 0 Å². The van der Waals surface area contributed by atoms with Crippen LogP contribution in [-0.2, 0) is 16.4 Å². The number of halogens is 1. The zero-order valence-electron chi connectivity index (χ0n) is 10.1. The number of alkyl halides is 1. The third kappa shape index (κ3) is 3.76. The van der Waals surface area contributed by atoms with E-state index in [-0.39, 0.29) is 11.8 Å². The van der Waals surface area contributed by atoms with E-state index in [1.807, 2.05) is 12.1 Å². The molecule has 0 atom stereocenters. The summed E-state index contributed by atoms with van der Waals surface area (Å²) >= 11 is 3.32. The van der Waals surface area contributed by atoms with Crippen molar-refractivity contribution in [2.45, 2.75) is 25.3 Å². The van der Waals surface area contributed by atoms with Crippen LogP contribution in [0.3, 0.4) is 0 Å². The smallest absolute Gasteiger partial charge is 0.214 e. The molecule has 1 fully saturated rings. The number of nitrogens with zero attached hydrogens (tertiary/aromatic N) is 2. The normalized spacial score (nSPS) is 16.1. The molecule has 0 amide bonds. The molecule has 0 radical (unpaired) electrons. The molecule has 100 valence electrons. The van der Waals surface area contributed by atoms with Gasteiger partial charge >= 0.3 is 0 Å². The summed E-state index contributed by atoms with van der Waals surface area (Å²) in [6.07, 6.45) is 5.94. The molecule has 1 saturated carbocycles. The van der Waals surface area contributed by atoms with Gasteiger partial charge in [0.25, 0.3) is 0 Å². The molecule has 4 nitrogen and oxygen atoms in total. The van der Waals surface area contributed by atoms with E-state index < -0.39 is 10.0 Å². The molecule has 0 aliphatic heterocycles. The van der Waals surface area contributed by atoms with E-state index in [9.17, 15) is 8.42 Å². The number of aryl methyl sites for hydroxylation is 1. The molecule has 0 saturated heterocycles.